The highest BCUT2D eigenvalue weighted by Crippen LogP contribution is 2.26. The van der Waals surface area contributed by atoms with Gasteiger partial charge < -0.3 is 30.0 Å². The lowest BCUT2D eigenvalue weighted by molar-refractivity contribution is -0.150. The number of esters is 1. The molecule has 0 spiro atoms. The molecule has 0 heterocycles. The Hall–Kier alpha value is -3.37. The Bertz CT molecular complexity index is 1040. The lowest BCUT2D eigenvalue weighted by Gasteiger charge is -2.20. The van der Waals surface area contributed by atoms with Crippen molar-refractivity contribution in [1.82, 2.24) is 5.32 Å². The lowest BCUT2D eigenvalue weighted by Crippen LogP contribution is -2.32. The van der Waals surface area contributed by atoms with Crippen LogP contribution < -0.4 is 20.5 Å². The lowest BCUT2D eigenvalue weighted by atomic mass is 10.1. The Kier molecular flexibility index (Phi) is 12.0. The van der Waals surface area contributed by atoms with Crippen LogP contribution in [0, 0.1) is 11.2 Å². The fourth-order valence-corrected chi connectivity index (χ4v) is 3.07. The molecule has 9 nitrogen and oxygen atoms in total. The van der Waals surface area contributed by atoms with Gasteiger partial charge in [0.25, 0.3) is 5.91 Å². The maximum Gasteiger partial charge on any atom is 0.347 e. The number of halogens is 2. The summed E-state index contributed by atoms with van der Waals surface area (Å²) in [5.41, 5.74) is 6.54. The number of benzene rings is 2. The average molecular weight is 512 g/mol. The molecule has 1 unspecified atom stereocenters. The molecule has 4 N–H and O–H groups in total. The minimum atomic E-state index is -1.18. The summed E-state index contributed by atoms with van der Waals surface area (Å²) in [5.74, 6) is -1.37. The molecule has 2 atom stereocenters. The number of amidine groups is 1. The number of hydrogen-bond acceptors (Lipinski definition) is 7. The second kappa shape index (κ2) is 14.1. The van der Waals surface area contributed by atoms with Crippen LogP contribution in [0.5, 0.6) is 11.5 Å². The fraction of sp³-hybridized carbons (Fsp3) is 0.375. The van der Waals surface area contributed by atoms with Crippen LogP contribution in [0.4, 0.5) is 4.39 Å². The third-order valence-corrected chi connectivity index (χ3v) is 4.82. The zero-order valence-corrected chi connectivity index (χ0v) is 20.9. The van der Waals surface area contributed by atoms with Crippen LogP contribution in [0.2, 0.25) is 0 Å². The van der Waals surface area contributed by atoms with Gasteiger partial charge >= 0.3 is 5.97 Å². The van der Waals surface area contributed by atoms with Crippen LogP contribution >= 0.6 is 12.4 Å². The summed E-state index contributed by atoms with van der Waals surface area (Å²) >= 11 is 0. The van der Waals surface area contributed by atoms with Gasteiger partial charge in [-0.2, -0.15) is 0 Å². The number of hydrogen-bond donors (Lipinski definition) is 3. The summed E-state index contributed by atoms with van der Waals surface area (Å²) in [4.78, 5) is 24.9. The molecule has 11 heteroatoms. The van der Waals surface area contributed by atoms with Crippen molar-refractivity contribution in [3.63, 3.8) is 0 Å². The van der Waals surface area contributed by atoms with Gasteiger partial charge in [0, 0.05) is 35.9 Å². The van der Waals surface area contributed by atoms with Crippen molar-refractivity contribution in [3.05, 3.63) is 58.9 Å². The van der Waals surface area contributed by atoms with Crippen LogP contribution in [0.15, 0.2) is 36.4 Å². The summed E-state index contributed by atoms with van der Waals surface area (Å²) in [7, 11) is 1.42. The Labute approximate surface area is 210 Å². The number of methoxy groups -OCH3 is 1. The molecule has 0 fully saturated rings. The van der Waals surface area contributed by atoms with Crippen LogP contribution in [0.25, 0.3) is 0 Å². The van der Waals surface area contributed by atoms with Crippen LogP contribution in [0.1, 0.15) is 43.6 Å². The minimum Gasteiger partial charge on any atom is -0.497 e. The quantitative estimate of drug-likeness (QED) is 0.226. The van der Waals surface area contributed by atoms with Crippen LogP contribution in [0.3, 0.4) is 0 Å². The number of nitrogens with two attached hydrogens (primary N) is 1. The van der Waals surface area contributed by atoms with Gasteiger partial charge in [-0.05, 0) is 39.0 Å². The van der Waals surface area contributed by atoms with Crippen molar-refractivity contribution in [2.75, 3.05) is 20.3 Å². The topological polar surface area (TPSA) is 133 Å². The van der Waals surface area contributed by atoms with Crippen molar-refractivity contribution < 1.29 is 32.9 Å². The molecule has 192 valence electrons. The molecule has 2 aromatic rings. The Balaban J connectivity index is 0.00000612. The molecule has 0 aliphatic carbocycles. The zero-order chi connectivity index (χ0) is 25.3. The number of carbonyl (C=O) groups is 2. The maximum absolute atomic E-state index is 14.6. The molecule has 2 rings (SSSR count). The van der Waals surface area contributed by atoms with E-state index in [4.69, 9.17) is 30.1 Å². The molecule has 0 aliphatic heterocycles. The van der Waals surface area contributed by atoms with E-state index in [0.717, 1.165) is 0 Å². The number of amides is 1. The third-order valence-electron chi connectivity index (χ3n) is 4.82. The Morgan fingerprint density at radius 2 is 1.86 bits per heavy atom. The van der Waals surface area contributed by atoms with Gasteiger partial charge in [0.1, 0.15) is 23.2 Å². The number of rotatable bonds is 12. The van der Waals surface area contributed by atoms with E-state index >= 15 is 0 Å². The van der Waals surface area contributed by atoms with E-state index in [2.05, 4.69) is 5.32 Å². The Morgan fingerprint density at radius 1 is 1.14 bits per heavy atom. The van der Waals surface area contributed by atoms with Gasteiger partial charge in [-0.1, -0.05) is 12.1 Å². The highest BCUT2D eigenvalue weighted by Gasteiger charge is 2.25. The summed E-state index contributed by atoms with van der Waals surface area (Å²) in [6.45, 7) is 5.28. The number of nitrogen functional groups attached to an aromatic ring is 1. The smallest absolute Gasteiger partial charge is 0.347 e. The summed E-state index contributed by atoms with van der Waals surface area (Å²) in [6.07, 6.45) is -2.11. The SMILES string of the molecule is CCOC(=O)[C@H](C)Oc1cc(C(=N)N)ccc1CNC(=O)C(OCC)c1ccc(OC)cc1F.Cl. The maximum atomic E-state index is 14.6. The normalized spacial score (nSPS) is 12.0. The largest absolute Gasteiger partial charge is 0.497 e. The van der Waals surface area contributed by atoms with Crippen molar-refractivity contribution >= 4 is 30.1 Å². The molecule has 2 aromatic carbocycles. The zero-order valence-electron chi connectivity index (χ0n) is 20.1. The summed E-state index contributed by atoms with van der Waals surface area (Å²) in [6, 6.07) is 8.87. The highest BCUT2D eigenvalue weighted by atomic mass is 35.5. The predicted molar refractivity (Wildman–Crippen MR) is 131 cm³/mol. The second-order valence-electron chi connectivity index (χ2n) is 7.19. The van der Waals surface area contributed by atoms with E-state index in [1.165, 1.54) is 32.2 Å². The first-order chi connectivity index (χ1) is 16.2. The first-order valence-corrected chi connectivity index (χ1v) is 10.7. The van der Waals surface area contributed by atoms with Crippen molar-refractivity contribution in [2.24, 2.45) is 5.73 Å². The Morgan fingerprint density at radius 3 is 2.43 bits per heavy atom. The van der Waals surface area contributed by atoms with Crippen LogP contribution in [-0.4, -0.2) is 44.1 Å². The molecule has 0 aromatic heterocycles. The van der Waals surface area contributed by atoms with Gasteiger partial charge in [-0.25, -0.2) is 9.18 Å². The molecule has 1 amide bonds. The minimum absolute atomic E-state index is 0. The molecule has 0 bridgehead atoms. The predicted octanol–water partition coefficient (Wildman–Crippen LogP) is 3.26. The number of ether oxygens (including phenoxy) is 4. The van der Waals surface area contributed by atoms with Crippen molar-refractivity contribution in [3.8, 4) is 11.5 Å². The van der Waals surface area contributed by atoms with E-state index in [0.29, 0.717) is 16.9 Å². The van der Waals surface area contributed by atoms with Crippen molar-refractivity contribution in [1.29, 1.82) is 5.41 Å². The van der Waals surface area contributed by atoms with Gasteiger partial charge in [0.15, 0.2) is 12.2 Å². The van der Waals surface area contributed by atoms with Crippen LogP contribution in [-0.2, 0) is 25.6 Å². The van der Waals surface area contributed by atoms with Gasteiger partial charge in [0.2, 0.25) is 0 Å². The standard InChI is InChI=1S/C24H30FN3O6.ClH/c1-5-32-21(18-10-9-17(31-4)12-19(18)25)23(29)28-13-16-8-7-15(22(26)27)11-20(16)34-14(3)24(30)33-6-2;/h7-12,14,21H,5-6,13H2,1-4H3,(H3,26,27)(H,28,29);1H/t14-,21?;/m0./s1. The molecule has 0 aliphatic rings. The van der Waals surface area contributed by atoms with Gasteiger partial charge in [0.05, 0.1) is 13.7 Å². The first-order valence-electron chi connectivity index (χ1n) is 10.7. The summed E-state index contributed by atoms with van der Waals surface area (Å²) < 4.78 is 35.8. The molecule has 35 heavy (non-hydrogen) atoms. The van der Waals surface area contributed by atoms with E-state index in [-0.39, 0.29) is 49.3 Å². The van der Waals surface area contributed by atoms with E-state index in [1.54, 1.807) is 32.0 Å². The molecular formula is C24H31ClFN3O6. The highest BCUT2D eigenvalue weighted by molar-refractivity contribution is 5.95. The number of nitrogens with one attached hydrogen (secondary N) is 2. The van der Waals surface area contributed by atoms with E-state index in [1.807, 2.05) is 0 Å². The van der Waals surface area contributed by atoms with Gasteiger partial charge in [-0.3, -0.25) is 10.2 Å². The van der Waals surface area contributed by atoms with E-state index in [9.17, 15) is 14.0 Å². The first kappa shape index (κ1) is 29.7. The molecule has 0 saturated heterocycles. The number of carbonyl (C=O) groups excluding carboxylic acids is 2. The van der Waals surface area contributed by atoms with E-state index < -0.39 is 29.9 Å². The molecule has 0 saturated carbocycles. The average Bonchev–Trinajstić information content (AvgIpc) is 2.81. The molecule has 0 radical (unpaired) electrons. The molecular weight excluding hydrogens is 481 g/mol. The monoisotopic (exact) mass is 511 g/mol. The van der Waals surface area contributed by atoms with Crippen molar-refractivity contribution in [2.45, 2.75) is 39.5 Å². The second-order valence-corrected chi connectivity index (χ2v) is 7.19. The fourth-order valence-electron chi connectivity index (χ4n) is 3.07. The summed E-state index contributed by atoms with van der Waals surface area (Å²) in [5, 5.41) is 10.4. The van der Waals surface area contributed by atoms with Gasteiger partial charge in [-0.15, -0.1) is 12.4 Å². The third kappa shape index (κ3) is 8.11.